The zero-order valence-electron chi connectivity index (χ0n) is 28.3. The van der Waals surface area contributed by atoms with Crippen molar-refractivity contribution in [3.8, 4) is 33.7 Å². The number of rotatable bonds is 4. The Morgan fingerprint density at radius 1 is 0.442 bits per heavy atom. The third kappa shape index (κ3) is 4.39. The van der Waals surface area contributed by atoms with Crippen molar-refractivity contribution in [3.05, 3.63) is 188 Å². The van der Waals surface area contributed by atoms with E-state index in [9.17, 15) is 0 Å². The molecule has 1 unspecified atom stereocenters. The number of aromatic nitrogens is 1. The average molecular weight is 665 g/mol. The molecule has 11 rings (SSSR count). The third-order valence-corrected chi connectivity index (χ3v) is 10.8. The lowest BCUT2D eigenvalue weighted by Crippen LogP contribution is -2.10. The Hall–Kier alpha value is -6.84. The molecule has 0 amide bonds. The second kappa shape index (κ2) is 11.3. The Kier molecular flexibility index (Phi) is 6.31. The molecule has 244 valence electrons. The molecule has 0 bridgehead atoms. The molecular weight excluding hydrogens is 633 g/mol. The Morgan fingerprint density at radius 3 is 2.02 bits per heavy atom. The van der Waals surface area contributed by atoms with Gasteiger partial charge < -0.3 is 14.6 Å². The normalized spacial score (nSPS) is 13.9. The zero-order valence-corrected chi connectivity index (χ0v) is 28.3. The van der Waals surface area contributed by atoms with E-state index in [4.69, 9.17) is 4.74 Å². The van der Waals surface area contributed by atoms with Gasteiger partial charge in [-0.3, -0.25) is 0 Å². The molecule has 0 spiro atoms. The van der Waals surface area contributed by atoms with Crippen molar-refractivity contribution in [1.29, 1.82) is 0 Å². The second-order valence-corrected chi connectivity index (χ2v) is 13.7. The van der Waals surface area contributed by atoms with E-state index in [2.05, 4.69) is 192 Å². The first-order valence-corrected chi connectivity index (χ1v) is 17.9. The predicted octanol–water partition coefficient (Wildman–Crippen LogP) is 13.1. The fraction of sp³-hybridized carbons (Fsp3) is 0.0204. The summed E-state index contributed by atoms with van der Waals surface area (Å²) in [5.41, 5.74) is 10.4. The number of fused-ring (bicyclic) bond motifs is 9. The highest BCUT2D eigenvalue weighted by Crippen LogP contribution is 2.49. The minimum Gasteiger partial charge on any atom is -0.464 e. The first-order valence-electron chi connectivity index (χ1n) is 17.9. The van der Waals surface area contributed by atoms with Gasteiger partial charge in [0.2, 0.25) is 0 Å². The van der Waals surface area contributed by atoms with Crippen molar-refractivity contribution in [3.63, 3.8) is 0 Å². The first-order chi connectivity index (χ1) is 25.8. The molecule has 1 aliphatic heterocycles. The summed E-state index contributed by atoms with van der Waals surface area (Å²) in [6, 6.07) is 65.6. The maximum Gasteiger partial charge on any atom is 0.196 e. The molecule has 1 aromatic heterocycles. The van der Waals surface area contributed by atoms with Crippen LogP contribution in [0.15, 0.2) is 182 Å². The van der Waals surface area contributed by atoms with Gasteiger partial charge in [0.05, 0.1) is 16.7 Å². The predicted molar refractivity (Wildman–Crippen MR) is 218 cm³/mol. The topological polar surface area (TPSA) is 26.2 Å². The maximum atomic E-state index is 6.85. The van der Waals surface area contributed by atoms with Crippen molar-refractivity contribution >= 4 is 59.8 Å². The van der Waals surface area contributed by atoms with Crippen LogP contribution in [-0.4, -0.2) is 4.57 Å². The second-order valence-electron chi connectivity index (χ2n) is 13.7. The number of ether oxygens (including phenoxy) is 1. The van der Waals surface area contributed by atoms with Crippen LogP contribution >= 0.6 is 0 Å². The lowest BCUT2D eigenvalue weighted by Gasteiger charge is -2.15. The highest BCUT2D eigenvalue weighted by molar-refractivity contribution is 6.18. The van der Waals surface area contributed by atoms with Gasteiger partial charge in [-0.2, -0.15) is 0 Å². The third-order valence-electron chi connectivity index (χ3n) is 10.8. The minimum atomic E-state index is -0.310. The Bertz CT molecular complexity index is 3010. The van der Waals surface area contributed by atoms with E-state index in [1.54, 1.807) is 0 Å². The standard InChI is InChI=1S/C49H32N2O/c1-2-12-32(13-3-1)42-30-43-48(47-38-16-7-6-14-33(38)25-28-40(42)47)52-49(50-43)34-23-26-37(27-24-34)51-44-19-9-8-17-41(44)46-39(18-10-20-45(46)51)36-22-21-31-11-4-5-15-35(31)29-36/h1-30,49-50H. The molecule has 2 heterocycles. The van der Waals surface area contributed by atoms with Gasteiger partial charge in [0.15, 0.2) is 12.0 Å². The molecule has 10 aromatic rings. The largest absolute Gasteiger partial charge is 0.464 e. The molecule has 3 heteroatoms. The lowest BCUT2D eigenvalue weighted by molar-refractivity contribution is 0.263. The SMILES string of the molecule is c1ccc(-c2cc3c(c4c2ccc2ccccc24)OC(c2ccc(-n4c5ccccc5c5c(-c6ccc7ccccc7c6)cccc54)cc2)N3)cc1. The van der Waals surface area contributed by atoms with Gasteiger partial charge in [-0.05, 0) is 85.6 Å². The molecule has 3 nitrogen and oxygen atoms in total. The molecule has 0 fully saturated rings. The van der Waals surface area contributed by atoms with E-state index in [-0.39, 0.29) is 6.23 Å². The number of hydrogen-bond donors (Lipinski definition) is 1. The minimum absolute atomic E-state index is 0.310. The molecule has 0 saturated heterocycles. The molecule has 9 aromatic carbocycles. The smallest absolute Gasteiger partial charge is 0.196 e. The van der Waals surface area contributed by atoms with Crippen LogP contribution in [0.2, 0.25) is 0 Å². The van der Waals surface area contributed by atoms with Crippen LogP contribution in [0, 0.1) is 0 Å². The molecule has 0 saturated carbocycles. The van der Waals surface area contributed by atoms with Crippen molar-refractivity contribution < 1.29 is 4.74 Å². The van der Waals surface area contributed by atoms with E-state index >= 15 is 0 Å². The average Bonchev–Trinajstić information content (AvgIpc) is 3.80. The maximum absolute atomic E-state index is 6.85. The van der Waals surface area contributed by atoms with Gasteiger partial charge in [0.1, 0.15) is 0 Å². The summed E-state index contributed by atoms with van der Waals surface area (Å²) in [6.45, 7) is 0. The number of nitrogens with zero attached hydrogens (tertiary/aromatic N) is 1. The number of benzene rings is 9. The van der Waals surface area contributed by atoms with Crippen molar-refractivity contribution in [2.75, 3.05) is 5.32 Å². The molecular formula is C49H32N2O. The number of hydrogen-bond acceptors (Lipinski definition) is 2. The summed E-state index contributed by atoms with van der Waals surface area (Å²) < 4.78 is 9.24. The van der Waals surface area contributed by atoms with Crippen LogP contribution in [0.4, 0.5) is 5.69 Å². The number of anilines is 1. The van der Waals surface area contributed by atoms with E-state index in [1.165, 1.54) is 71.0 Å². The molecule has 1 atom stereocenters. The van der Waals surface area contributed by atoms with Gasteiger partial charge in [-0.15, -0.1) is 0 Å². The summed E-state index contributed by atoms with van der Waals surface area (Å²) in [4.78, 5) is 0. The van der Waals surface area contributed by atoms with Crippen LogP contribution in [0.1, 0.15) is 11.8 Å². The molecule has 1 aliphatic rings. The summed E-state index contributed by atoms with van der Waals surface area (Å²) in [5.74, 6) is 0.907. The van der Waals surface area contributed by atoms with Crippen LogP contribution in [0.3, 0.4) is 0 Å². The van der Waals surface area contributed by atoms with Crippen molar-refractivity contribution in [1.82, 2.24) is 4.57 Å². The lowest BCUT2D eigenvalue weighted by atomic mass is 9.93. The fourth-order valence-corrected chi connectivity index (χ4v) is 8.38. The number of nitrogens with one attached hydrogen (secondary N) is 1. The first kappa shape index (κ1) is 28.9. The van der Waals surface area contributed by atoms with Gasteiger partial charge in [-0.25, -0.2) is 0 Å². The van der Waals surface area contributed by atoms with Gasteiger partial charge >= 0.3 is 0 Å². The van der Waals surface area contributed by atoms with Gasteiger partial charge in [-0.1, -0.05) is 146 Å². The summed E-state index contributed by atoms with van der Waals surface area (Å²) in [5, 5.41) is 13.5. The van der Waals surface area contributed by atoms with E-state index in [0.29, 0.717) is 0 Å². The molecule has 52 heavy (non-hydrogen) atoms. The van der Waals surface area contributed by atoms with Crippen molar-refractivity contribution in [2.45, 2.75) is 6.23 Å². The monoisotopic (exact) mass is 664 g/mol. The molecule has 0 aliphatic carbocycles. The number of para-hydroxylation sites is 1. The van der Waals surface area contributed by atoms with Crippen LogP contribution < -0.4 is 10.1 Å². The summed E-state index contributed by atoms with van der Waals surface area (Å²) in [6.07, 6.45) is -0.310. The Balaban J connectivity index is 1.01. The molecule has 1 N–H and O–H groups in total. The zero-order chi connectivity index (χ0) is 34.2. The van der Waals surface area contributed by atoms with Crippen molar-refractivity contribution in [2.24, 2.45) is 0 Å². The summed E-state index contributed by atoms with van der Waals surface area (Å²) >= 11 is 0. The quantitative estimate of drug-likeness (QED) is 0.190. The van der Waals surface area contributed by atoms with E-state index in [0.717, 1.165) is 28.1 Å². The van der Waals surface area contributed by atoms with Crippen LogP contribution in [0.5, 0.6) is 5.75 Å². The van der Waals surface area contributed by atoms with Crippen LogP contribution in [0.25, 0.3) is 82.1 Å². The Morgan fingerprint density at radius 2 is 1.15 bits per heavy atom. The van der Waals surface area contributed by atoms with E-state index < -0.39 is 0 Å². The van der Waals surface area contributed by atoms with E-state index in [1.807, 2.05) is 0 Å². The fourth-order valence-electron chi connectivity index (χ4n) is 8.38. The van der Waals surface area contributed by atoms with Gasteiger partial charge in [0, 0.05) is 27.4 Å². The highest BCUT2D eigenvalue weighted by Gasteiger charge is 2.28. The highest BCUT2D eigenvalue weighted by atomic mass is 16.5. The molecule has 0 radical (unpaired) electrons. The van der Waals surface area contributed by atoms with Gasteiger partial charge in [0.25, 0.3) is 0 Å². The Labute approximate surface area is 301 Å². The van der Waals surface area contributed by atoms with Crippen LogP contribution in [-0.2, 0) is 0 Å². The summed E-state index contributed by atoms with van der Waals surface area (Å²) in [7, 11) is 0.